The number of amides is 2. The van der Waals surface area contributed by atoms with Crippen molar-refractivity contribution >= 4 is 66.7 Å². The number of rotatable bonds is 12. The SMILES string of the molecule is CCCCNC(=O)C(C)N(Cc1cccc(Br)c1)C(=O)CN(c1ccc(Cl)c(Cl)c1)S(=O)(=O)c1ccccc1. The highest BCUT2D eigenvalue weighted by Gasteiger charge is 2.32. The highest BCUT2D eigenvalue weighted by atomic mass is 79.9. The maximum absolute atomic E-state index is 13.9. The van der Waals surface area contributed by atoms with Crippen LogP contribution in [0, 0.1) is 0 Å². The van der Waals surface area contributed by atoms with E-state index in [1.54, 1.807) is 25.1 Å². The molecule has 0 saturated carbocycles. The normalized spacial score (nSPS) is 12.0. The Morgan fingerprint density at radius 2 is 1.69 bits per heavy atom. The zero-order valence-corrected chi connectivity index (χ0v) is 25.5. The molecule has 11 heteroatoms. The first-order valence-corrected chi connectivity index (χ1v) is 15.4. The summed E-state index contributed by atoms with van der Waals surface area (Å²) in [5.74, 6) is -0.877. The quantitative estimate of drug-likeness (QED) is 0.233. The van der Waals surface area contributed by atoms with Gasteiger partial charge in [-0.05, 0) is 61.4 Å². The van der Waals surface area contributed by atoms with Gasteiger partial charge in [-0.2, -0.15) is 0 Å². The molecule has 39 heavy (non-hydrogen) atoms. The van der Waals surface area contributed by atoms with Gasteiger partial charge < -0.3 is 10.2 Å². The van der Waals surface area contributed by atoms with Crippen LogP contribution in [0.3, 0.4) is 0 Å². The van der Waals surface area contributed by atoms with Crippen molar-refractivity contribution in [1.29, 1.82) is 0 Å². The molecule has 0 aliphatic rings. The van der Waals surface area contributed by atoms with Gasteiger partial charge in [-0.15, -0.1) is 0 Å². The Labute approximate surface area is 248 Å². The van der Waals surface area contributed by atoms with E-state index in [1.807, 2.05) is 31.2 Å². The monoisotopic (exact) mass is 653 g/mol. The van der Waals surface area contributed by atoms with Gasteiger partial charge >= 0.3 is 0 Å². The zero-order valence-electron chi connectivity index (χ0n) is 21.6. The minimum Gasteiger partial charge on any atom is -0.354 e. The zero-order chi connectivity index (χ0) is 28.6. The Balaban J connectivity index is 2.01. The molecule has 3 aromatic carbocycles. The second-order valence-electron chi connectivity index (χ2n) is 8.90. The molecular formula is C28H30BrCl2N3O4S. The molecule has 0 radical (unpaired) electrons. The fraction of sp³-hybridized carbons (Fsp3) is 0.286. The van der Waals surface area contributed by atoms with Gasteiger partial charge in [0.15, 0.2) is 0 Å². The number of benzene rings is 3. The second-order valence-corrected chi connectivity index (χ2v) is 12.5. The molecule has 2 amide bonds. The molecule has 0 aromatic heterocycles. The first kappa shape index (κ1) is 30.9. The van der Waals surface area contributed by atoms with Crippen LogP contribution in [-0.4, -0.2) is 44.3 Å². The average molecular weight is 655 g/mol. The van der Waals surface area contributed by atoms with Crippen molar-refractivity contribution < 1.29 is 18.0 Å². The summed E-state index contributed by atoms with van der Waals surface area (Å²) in [7, 11) is -4.18. The Morgan fingerprint density at radius 1 is 0.974 bits per heavy atom. The molecule has 1 N–H and O–H groups in total. The Bertz CT molecular complexity index is 1410. The first-order chi connectivity index (χ1) is 18.5. The minimum atomic E-state index is -4.18. The third-order valence-corrected chi connectivity index (χ3v) is 9.06. The second kappa shape index (κ2) is 14.2. The summed E-state index contributed by atoms with van der Waals surface area (Å²) >= 11 is 15.7. The standard InChI is InChI=1S/C28H30BrCl2N3O4S/c1-3-4-15-32-28(36)20(2)33(18-21-9-8-10-22(29)16-21)27(35)19-34(23-13-14-25(30)26(31)17-23)39(37,38)24-11-6-5-7-12-24/h5-14,16-17,20H,3-4,15,18-19H2,1-2H3,(H,32,36). The number of carbonyl (C=O) groups excluding carboxylic acids is 2. The lowest BCUT2D eigenvalue weighted by atomic mass is 10.1. The van der Waals surface area contributed by atoms with Gasteiger partial charge in [0.05, 0.1) is 20.6 Å². The van der Waals surface area contributed by atoms with Crippen molar-refractivity contribution in [2.75, 3.05) is 17.4 Å². The van der Waals surface area contributed by atoms with Crippen LogP contribution in [0.25, 0.3) is 0 Å². The lowest BCUT2D eigenvalue weighted by Crippen LogP contribution is -2.51. The van der Waals surface area contributed by atoms with E-state index in [0.717, 1.165) is 27.2 Å². The molecule has 0 fully saturated rings. The molecule has 0 spiro atoms. The molecule has 0 bridgehead atoms. The third-order valence-electron chi connectivity index (χ3n) is 6.04. The van der Waals surface area contributed by atoms with Crippen molar-refractivity contribution in [2.45, 2.75) is 44.2 Å². The fourth-order valence-electron chi connectivity index (χ4n) is 3.84. The smallest absolute Gasteiger partial charge is 0.264 e. The van der Waals surface area contributed by atoms with Crippen molar-refractivity contribution in [3.8, 4) is 0 Å². The van der Waals surface area contributed by atoms with Gasteiger partial charge in [-0.1, -0.05) is 82.8 Å². The van der Waals surface area contributed by atoms with Crippen LogP contribution in [0.5, 0.6) is 0 Å². The number of unbranched alkanes of at least 4 members (excludes halogenated alkanes) is 1. The Morgan fingerprint density at radius 3 is 2.33 bits per heavy atom. The van der Waals surface area contributed by atoms with E-state index >= 15 is 0 Å². The molecule has 3 aromatic rings. The van der Waals surface area contributed by atoms with E-state index in [9.17, 15) is 18.0 Å². The van der Waals surface area contributed by atoms with Gasteiger partial charge in [0.25, 0.3) is 10.0 Å². The third kappa shape index (κ3) is 8.20. The van der Waals surface area contributed by atoms with Gasteiger partial charge in [-0.25, -0.2) is 8.42 Å². The summed E-state index contributed by atoms with van der Waals surface area (Å²) < 4.78 is 29.3. The lowest BCUT2D eigenvalue weighted by Gasteiger charge is -2.32. The molecule has 0 aliphatic heterocycles. The molecule has 0 aliphatic carbocycles. The summed E-state index contributed by atoms with van der Waals surface area (Å²) in [6.07, 6.45) is 1.71. The van der Waals surface area contributed by atoms with E-state index < -0.39 is 28.5 Å². The van der Waals surface area contributed by atoms with Crippen LogP contribution < -0.4 is 9.62 Å². The number of halogens is 3. The van der Waals surface area contributed by atoms with Crippen LogP contribution in [0.15, 0.2) is 82.2 Å². The molecule has 1 unspecified atom stereocenters. The number of nitrogens with zero attached hydrogens (tertiary/aromatic N) is 2. The first-order valence-electron chi connectivity index (χ1n) is 12.4. The molecule has 208 valence electrons. The summed E-state index contributed by atoms with van der Waals surface area (Å²) in [6, 6.07) is 18.7. The number of sulfonamides is 1. The number of carbonyl (C=O) groups is 2. The van der Waals surface area contributed by atoms with Crippen molar-refractivity contribution in [1.82, 2.24) is 10.2 Å². The lowest BCUT2D eigenvalue weighted by molar-refractivity contribution is -0.139. The van der Waals surface area contributed by atoms with Crippen LogP contribution >= 0.6 is 39.1 Å². The predicted molar refractivity (Wildman–Crippen MR) is 160 cm³/mol. The van der Waals surface area contributed by atoms with Crippen LogP contribution in [0.1, 0.15) is 32.3 Å². The van der Waals surface area contributed by atoms with E-state index in [-0.39, 0.29) is 33.1 Å². The molecule has 3 rings (SSSR count). The van der Waals surface area contributed by atoms with E-state index in [4.69, 9.17) is 23.2 Å². The molecule has 0 saturated heterocycles. The maximum atomic E-state index is 13.9. The van der Waals surface area contributed by atoms with E-state index in [2.05, 4.69) is 21.2 Å². The molecular weight excluding hydrogens is 625 g/mol. The Kier molecular flexibility index (Phi) is 11.2. The Hall–Kier alpha value is -2.59. The maximum Gasteiger partial charge on any atom is 0.264 e. The number of hydrogen-bond acceptors (Lipinski definition) is 4. The molecule has 1 atom stereocenters. The highest BCUT2D eigenvalue weighted by molar-refractivity contribution is 9.10. The minimum absolute atomic E-state index is 0.00719. The predicted octanol–water partition coefficient (Wildman–Crippen LogP) is 6.28. The van der Waals surface area contributed by atoms with Gasteiger partial charge in [-0.3, -0.25) is 13.9 Å². The summed E-state index contributed by atoms with van der Waals surface area (Å²) in [6.45, 7) is 3.67. The van der Waals surface area contributed by atoms with Crippen LogP contribution in [0.2, 0.25) is 10.0 Å². The average Bonchev–Trinajstić information content (AvgIpc) is 2.92. The number of nitrogens with one attached hydrogen (secondary N) is 1. The molecule has 7 nitrogen and oxygen atoms in total. The van der Waals surface area contributed by atoms with Crippen molar-refractivity contribution in [3.05, 3.63) is 92.9 Å². The van der Waals surface area contributed by atoms with Crippen LogP contribution in [-0.2, 0) is 26.2 Å². The number of anilines is 1. The number of hydrogen-bond donors (Lipinski definition) is 1. The summed E-state index contributed by atoms with van der Waals surface area (Å²) in [5.41, 5.74) is 0.946. The van der Waals surface area contributed by atoms with Crippen molar-refractivity contribution in [3.63, 3.8) is 0 Å². The highest BCUT2D eigenvalue weighted by Crippen LogP contribution is 2.31. The van der Waals surface area contributed by atoms with Gasteiger partial charge in [0.1, 0.15) is 12.6 Å². The van der Waals surface area contributed by atoms with Crippen LogP contribution in [0.4, 0.5) is 5.69 Å². The van der Waals surface area contributed by atoms with E-state index in [0.29, 0.717) is 6.54 Å². The van der Waals surface area contributed by atoms with Gasteiger partial charge in [0, 0.05) is 17.6 Å². The topological polar surface area (TPSA) is 86.8 Å². The van der Waals surface area contributed by atoms with E-state index in [1.165, 1.54) is 35.2 Å². The molecule has 0 heterocycles. The van der Waals surface area contributed by atoms with Gasteiger partial charge in [0.2, 0.25) is 11.8 Å². The summed E-state index contributed by atoms with van der Waals surface area (Å²) in [5, 5.41) is 3.26. The largest absolute Gasteiger partial charge is 0.354 e. The van der Waals surface area contributed by atoms with Crippen molar-refractivity contribution in [2.24, 2.45) is 0 Å². The fourth-order valence-corrected chi connectivity index (χ4v) is 6.01. The summed E-state index contributed by atoms with van der Waals surface area (Å²) in [4.78, 5) is 28.3.